The lowest BCUT2D eigenvalue weighted by molar-refractivity contribution is 0.00752. The number of benzene rings is 1. The molecular formula is C21H31N5O2. The lowest BCUT2D eigenvalue weighted by Gasteiger charge is -2.37. The Morgan fingerprint density at radius 2 is 1.93 bits per heavy atom. The number of ether oxygens (including phenoxy) is 1. The van der Waals surface area contributed by atoms with Gasteiger partial charge in [0.05, 0.1) is 19.8 Å². The van der Waals surface area contributed by atoms with E-state index >= 15 is 0 Å². The number of hydrogen-bond acceptors (Lipinski definition) is 5. The van der Waals surface area contributed by atoms with Crippen molar-refractivity contribution in [2.75, 3.05) is 39.9 Å². The van der Waals surface area contributed by atoms with Crippen LogP contribution in [0, 0.1) is 5.92 Å². The number of nitrogens with one attached hydrogen (secondary N) is 2. The van der Waals surface area contributed by atoms with Crippen molar-refractivity contribution in [1.29, 1.82) is 0 Å². The Morgan fingerprint density at radius 1 is 1.18 bits per heavy atom. The van der Waals surface area contributed by atoms with Gasteiger partial charge in [0.15, 0.2) is 11.7 Å². The zero-order valence-corrected chi connectivity index (χ0v) is 17.0. The first kappa shape index (κ1) is 20.4. The largest absolute Gasteiger partial charge is 0.379 e. The Morgan fingerprint density at radius 3 is 2.61 bits per heavy atom. The summed E-state index contributed by atoms with van der Waals surface area (Å²) in [5, 5.41) is 10.9. The van der Waals surface area contributed by atoms with Crippen molar-refractivity contribution in [2.45, 2.75) is 26.4 Å². The summed E-state index contributed by atoms with van der Waals surface area (Å²) in [6, 6.07) is 12.4. The van der Waals surface area contributed by atoms with Gasteiger partial charge in [0, 0.05) is 44.4 Å². The molecule has 28 heavy (non-hydrogen) atoms. The van der Waals surface area contributed by atoms with E-state index in [1.54, 1.807) is 7.05 Å². The molecule has 1 saturated heterocycles. The number of aromatic nitrogens is 1. The van der Waals surface area contributed by atoms with E-state index in [2.05, 4.69) is 39.5 Å². The molecule has 2 aromatic rings. The van der Waals surface area contributed by atoms with Crippen LogP contribution < -0.4 is 10.6 Å². The summed E-state index contributed by atoms with van der Waals surface area (Å²) in [6.07, 6.45) is 0. The molecule has 152 valence electrons. The molecule has 1 atom stereocenters. The predicted octanol–water partition coefficient (Wildman–Crippen LogP) is 2.36. The van der Waals surface area contributed by atoms with Crippen LogP contribution in [-0.4, -0.2) is 62.0 Å². The molecule has 1 fully saturated rings. The normalized spacial score (nSPS) is 16.9. The number of nitrogens with zero attached hydrogens (tertiary/aromatic N) is 3. The van der Waals surface area contributed by atoms with Crippen molar-refractivity contribution in [3.05, 3.63) is 42.1 Å². The summed E-state index contributed by atoms with van der Waals surface area (Å²) in [5.74, 6) is 2.09. The third-order valence-electron chi connectivity index (χ3n) is 5.04. The summed E-state index contributed by atoms with van der Waals surface area (Å²) in [4.78, 5) is 6.84. The lowest BCUT2D eigenvalue weighted by Crippen LogP contribution is -2.52. The average Bonchev–Trinajstić information content (AvgIpc) is 3.21. The predicted molar refractivity (Wildman–Crippen MR) is 111 cm³/mol. The maximum absolute atomic E-state index is 5.48. The van der Waals surface area contributed by atoms with E-state index < -0.39 is 0 Å². The van der Waals surface area contributed by atoms with Gasteiger partial charge in [-0.05, 0) is 5.92 Å². The third-order valence-corrected chi connectivity index (χ3v) is 5.04. The van der Waals surface area contributed by atoms with E-state index in [9.17, 15) is 0 Å². The molecule has 7 heteroatoms. The molecule has 2 heterocycles. The van der Waals surface area contributed by atoms with E-state index in [1.807, 2.05) is 36.4 Å². The van der Waals surface area contributed by atoms with Crippen LogP contribution in [-0.2, 0) is 11.3 Å². The highest BCUT2D eigenvalue weighted by molar-refractivity contribution is 5.79. The molecule has 0 amide bonds. The first-order chi connectivity index (χ1) is 13.7. The maximum Gasteiger partial charge on any atom is 0.191 e. The molecule has 0 saturated carbocycles. The van der Waals surface area contributed by atoms with Crippen LogP contribution in [0.4, 0.5) is 0 Å². The Kier molecular flexibility index (Phi) is 7.45. The Bertz CT molecular complexity index is 738. The molecular weight excluding hydrogens is 354 g/mol. The highest BCUT2D eigenvalue weighted by Crippen LogP contribution is 2.19. The van der Waals surface area contributed by atoms with Crippen molar-refractivity contribution in [2.24, 2.45) is 10.9 Å². The van der Waals surface area contributed by atoms with Crippen molar-refractivity contribution in [3.63, 3.8) is 0 Å². The molecule has 1 aliphatic heterocycles. The molecule has 0 radical (unpaired) electrons. The van der Waals surface area contributed by atoms with Gasteiger partial charge in [0.2, 0.25) is 0 Å². The number of guanidine groups is 1. The second-order valence-corrected chi connectivity index (χ2v) is 7.31. The third kappa shape index (κ3) is 5.56. The minimum atomic E-state index is 0.444. The SMILES string of the molecule is CN=C(NCc1cc(-c2ccccc2)on1)NCC(C(C)C)N1CCOCC1. The summed E-state index contributed by atoms with van der Waals surface area (Å²) in [7, 11) is 1.78. The van der Waals surface area contributed by atoms with Gasteiger partial charge in [-0.2, -0.15) is 0 Å². The van der Waals surface area contributed by atoms with Crippen LogP contribution in [0.2, 0.25) is 0 Å². The number of rotatable bonds is 7. The standard InChI is InChI=1S/C21H31N5O2/c1-16(2)19(26-9-11-27-12-10-26)15-24-21(22-3)23-14-18-13-20(28-25-18)17-7-5-4-6-8-17/h4-8,13,16,19H,9-12,14-15H2,1-3H3,(H2,22,23,24). The fraction of sp³-hybridized carbons (Fsp3) is 0.524. The Balaban J connectivity index is 1.51. The highest BCUT2D eigenvalue weighted by Gasteiger charge is 2.23. The van der Waals surface area contributed by atoms with Crippen molar-refractivity contribution >= 4 is 5.96 Å². The van der Waals surface area contributed by atoms with Gasteiger partial charge >= 0.3 is 0 Å². The second kappa shape index (κ2) is 10.2. The smallest absolute Gasteiger partial charge is 0.191 e. The molecule has 1 aromatic heterocycles. The topological polar surface area (TPSA) is 74.9 Å². The van der Waals surface area contributed by atoms with Gasteiger partial charge in [-0.15, -0.1) is 0 Å². The van der Waals surface area contributed by atoms with Gasteiger partial charge in [-0.1, -0.05) is 49.3 Å². The van der Waals surface area contributed by atoms with Gasteiger partial charge < -0.3 is 19.9 Å². The van der Waals surface area contributed by atoms with Crippen LogP contribution in [0.25, 0.3) is 11.3 Å². The van der Waals surface area contributed by atoms with Crippen LogP contribution in [0.1, 0.15) is 19.5 Å². The summed E-state index contributed by atoms with van der Waals surface area (Å²) in [6.45, 7) is 9.51. The fourth-order valence-electron chi connectivity index (χ4n) is 3.43. The van der Waals surface area contributed by atoms with Crippen molar-refractivity contribution < 1.29 is 9.26 Å². The van der Waals surface area contributed by atoms with E-state index in [1.165, 1.54) is 0 Å². The number of aliphatic imine (C=N–C) groups is 1. The van der Waals surface area contributed by atoms with Crippen LogP contribution in [0.3, 0.4) is 0 Å². The zero-order chi connectivity index (χ0) is 19.8. The van der Waals surface area contributed by atoms with Gasteiger partial charge in [-0.25, -0.2) is 0 Å². The molecule has 2 N–H and O–H groups in total. The lowest BCUT2D eigenvalue weighted by atomic mass is 10.0. The van der Waals surface area contributed by atoms with E-state index in [-0.39, 0.29) is 0 Å². The van der Waals surface area contributed by atoms with Crippen LogP contribution in [0.5, 0.6) is 0 Å². The van der Waals surface area contributed by atoms with Crippen LogP contribution in [0.15, 0.2) is 45.9 Å². The first-order valence-corrected chi connectivity index (χ1v) is 9.94. The highest BCUT2D eigenvalue weighted by atomic mass is 16.5. The molecule has 1 aliphatic rings. The molecule has 1 unspecified atom stereocenters. The monoisotopic (exact) mass is 385 g/mol. The molecule has 1 aromatic carbocycles. The minimum Gasteiger partial charge on any atom is -0.379 e. The minimum absolute atomic E-state index is 0.444. The van der Waals surface area contributed by atoms with Gasteiger partial charge in [0.25, 0.3) is 0 Å². The molecule has 0 bridgehead atoms. The quantitative estimate of drug-likeness (QED) is 0.563. The Labute approximate surface area is 167 Å². The molecule has 0 aliphatic carbocycles. The molecule has 3 rings (SSSR count). The molecule has 0 spiro atoms. The number of hydrogen-bond donors (Lipinski definition) is 2. The van der Waals surface area contributed by atoms with E-state index in [0.717, 1.165) is 55.8 Å². The van der Waals surface area contributed by atoms with Crippen molar-refractivity contribution in [3.8, 4) is 11.3 Å². The average molecular weight is 386 g/mol. The fourth-order valence-corrected chi connectivity index (χ4v) is 3.43. The molecule has 7 nitrogen and oxygen atoms in total. The maximum atomic E-state index is 5.48. The first-order valence-electron chi connectivity index (χ1n) is 9.94. The van der Waals surface area contributed by atoms with Crippen LogP contribution >= 0.6 is 0 Å². The van der Waals surface area contributed by atoms with Crippen molar-refractivity contribution in [1.82, 2.24) is 20.7 Å². The summed E-state index contributed by atoms with van der Waals surface area (Å²) < 4.78 is 10.9. The zero-order valence-electron chi connectivity index (χ0n) is 17.0. The van der Waals surface area contributed by atoms with Gasteiger partial charge in [0.1, 0.15) is 5.69 Å². The summed E-state index contributed by atoms with van der Waals surface area (Å²) in [5.41, 5.74) is 1.87. The van der Waals surface area contributed by atoms with E-state index in [4.69, 9.17) is 9.26 Å². The number of morpholine rings is 1. The Hall–Kier alpha value is -2.38. The van der Waals surface area contributed by atoms with E-state index in [0.29, 0.717) is 18.5 Å². The second-order valence-electron chi connectivity index (χ2n) is 7.31. The summed E-state index contributed by atoms with van der Waals surface area (Å²) >= 11 is 0. The van der Waals surface area contributed by atoms with Gasteiger partial charge in [-0.3, -0.25) is 9.89 Å².